The molecule has 0 aliphatic rings. The lowest BCUT2D eigenvalue weighted by molar-refractivity contribution is 0.906. The van der Waals surface area contributed by atoms with E-state index in [1.807, 2.05) is 47.9 Å². The Kier molecular flexibility index (Phi) is 3.40. The standard InChI is InChI=1S/C16H13BrN4/c1-2-16-20-13-8-12(19)5-6-14(13)21(16)15-7-11(17)4-3-10(15)9-18/h3-8H,2,19H2,1H3. The van der Waals surface area contributed by atoms with E-state index < -0.39 is 0 Å². The minimum Gasteiger partial charge on any atom is -0.399 e. The second kappa shape index (κ2) is 5.23. The number of imidazole rings is 1. The summed E-state index contributed by atoms with van der Waals surface area (Å²) in [7, 11) is 0. The van der Waals surface area contributed by atoms with Crippen molar-refractivity contribution in [2.45, 2.75) is 13.3 Å². The molecule has 0 bridgehead atoms. The van der Waals surface area contributed by atoms with Gasteiger partial charge in [-0.25, -0.2) is 4.98 Å². The second-order valence-electron chi connectivity index (χ2n) is 4.74. The number of nitrogens with two attached hydrogens (primary N) is 1. The summed E-state index contributed by atoms with van der Waals surface area (Å²) < 4.78 is 2.95. The first-order valence-corrected chi connectivity index (χ1v) is 7.40. The molecular weight excluding hydrogens is 328 g/mol. The van der Waals surface area contributed by atoms with Crippen LogP contribution in [0.15, 0.2) is 40.9 Å². The highest BCUT2D eigenvalue weighted by molar-refractivity contribution is 9.10. The van der Waals surface area contributed by atoms with E-state index >= 15 is 0 Å². The predicted octanol–water partition coefficient (Wildman–Crippen LogP) is 3.80. The molecule has 0 aliphatic carbocycles. The van der Waals surface area contributed by atoms with Crippen molar-refractivity contribution < 1.29 is 0 Å². The molecule has 0 unspecified atom stereocenters. The molecule has 0 radical (unpaired) electrons. The van der Waals surface area contributed by atoms with Gasteiger partial charge >= 0.3 is 0 Å². The molecule has 0 fully saturated rings. The van der Waals surface area contributed by atoms with Gasteiger partial charge in [0.15, 0.2) is 0 Å². The Morgan fingerprint density at radius 2 is 2.10 bits per heavy atom. The molecule has 3 rings (SSSR count). The number of aromatic nitrogens is 2. The average molecular weight is 341 g/mol. The minimum absolute atomic E-state index is 0.615. The van der Waals surface area contributed by atoms with Crippen molar-refractivity contribution in [3.63, 3.8) is 0 Å². The summed E-state index contributed by atoms with van der Waals surface area (Å²) in [5.74, 6) is 0.908. The highest BCUT2D eigenvalue weighted by atomic mass is 79.9. The van der Waals surface area contributed by atoms with Crippen molar-refractivity contribution in [3.05, 3.63) is 52.3 Å². The molecule has 1 aromatic heterocycles. The van der Waals surface area contributed by atoms with Gasteiger partial charge in [-0.2, -0.15) is 5.26 Å². The molecule has 3 aromatic rings. The monoisotopic (exact) mass is 340 g/mol. The van der Waals surface area contributed by atoms with Crippen LogP contribution in [0, 0.1) is 11.3 Å². The Morgan fingerprint density at radius 1 is 1.29 bits per heavy atom. The van der Waals surface area contributed by atoms with Crippen LogP contribution in [0.3, 0.4) is 0 Å². The van der Waals surface area contributed by atoms with Crippen molar-refractivity contribution in [3.8, 4) is 11.8 Å². The summed E-state index contributed by atoms with van der Waals surface area (Å²) in [4.78, 5) is 4.63. The predicted molar refractivity (Wildman–Crippen MR) is 87.3 cm³/mol. The van der Waals surface area contributed by atoms with Gasteiger partial charge in [0.25, 0.3) is 0 Å². The normalized spacial score (nSPS) is 10.7. The molecule has 21 heavy (non-hydrogen) atoms. The summed E-state index contributed by atoms with van der Waals surface area (Å²) in [6.07, 6.45) is 0.770. The van der Waals surface area contributed by atoms with Gasteiger partial charge in [-0.05, 0) is 36.4 Å². The van der Waals surface area contributed by atoms with Gasteiger partial charge in [0.1, 0.15) is 11.9 Å². The van der Waals surface area contributed by atoms with E-state index in [4.69, 9.17) is 5.73 Å². The SMILES string of the molecule is CCc1nc2cc(N)ccc2n1-c1cc(Br)ccc1C#N. The molecule has 0 atom stereocenters. The van der Waals surface area contributed by atoms with E-state index in [1.165, 1.54) is 0 Å². The molecule has 5 heteroatoms. The third kappa shape index (κ3) is 2.28. The van der Waals surface area contributed by atoms with Crippen molar-refractivity contribution in [2.75, 3.05) is 5.73 Å². The zero-order chi connectivity index (χ0) is 15.0. The molecule has 4 nitrogen and oxygen atoms in total. The summed E-state index contributed by atoms with van der Waals surface area (Å²) in [6.45, 7) is 2.05. The van der Waals surface area contributed by atoms with Crippen molar-refractivity contribution in [1.82, 2.24) is 9.55 Å². The van der Waals surface area contributed by atoms with E-state index in [-0.39, 0.29) is 0 Å². The Balaban J connectivity index is 2.39. The van der Waals surface area contributed by atoms with Crippen LogP contribution in [-0.4, -0.2) is 9.55 Å². The lowest BCUT2D eigenvalue weighted by Crippen LogP contribution is -2.02. The number of nitrogen functional groups attached to an aromatic ring is 1. The van der Waals surface area contributed by atoms with Crippen LogP contribution in [0.5, 0.6) is 0 Å². The largest absolute Gasteiger partial charge is 0.399 e. The van der Waals surface area contributed by atoms with E-state index in [1.54, 1.807) is 0 Å². The van der Waals surface area contributed by atoms with Gasteiger partial charge in [-0.3, -0.25) is 4.57 Å². The molecule has 0 saturated heterocycles. The van der Waals surface area contributed by atoms with Gasteiger partial charge in [0.05, 0.1) is 22.3 Å². The summed E-state index contributed by atoms with van der Waals surface area (Å²) in [5, 5.41) is 9.37. The maximum Gasteiger partial charge on any atom is 0.114 e. The highest BCUT2D eigenvalue weighted by Gasteiger charge is 2.14. The number of nitriles is 1. The number of nitrogens with zero attached hydrogens (tertiary/aromatic N) is 3. The molecular formula is C16H13BrN4. The Morgan fingerprint density at radius 3 is 2.81 bits per heavy atom. The number of hydrogen-bond donors (Lipinski definition) is 1. The van der Waals surface area contributed by atoms with Crippen LogP contribution in [0.1, 0.15) is 18.3 Å². The lowest BCUT2D eigenvalue weighted by Gasteiger charge is -2.10. The van der Waals surface area contributed by atoms with Crippen LogP contribution in [-0.2, 0) is 6.42 Å². The van der Waals surface area contributed by atoms with E-state index in [2.05, 4.69) is 27.0 Å². The van der Waals surface area contributed by atoms with Crippen molar-refractivity contribution >= 4 is 32.7 Å². The number of anilines is 1. The number of rotatable bonds is 2. The maximum atomic E-state index is 9.37. The molecule has 1 heterocycles. The van der Waals surface area contributed by atoms with Gasteiger partial charge in [0.2, 0.25) is 0 Å². The molecule has 0 aliphatic heterocycles. The number of aryl methyl sites for hydroxylation is 1. The number of fused-ring (bicyclic) bond motifs is 1. The third-order valence-corrected chi connectivity index (χ3v) is 3.88. The van der Waals surface area contributed by atoms with Gasteiger partial charge in [-0.1, -0.05) is 22.9 Å². The van der Waals surface area contributed by atoms with Crippen molar-refractivity contribution in [1.29, 1.82) is 5.26 Å². The zero-order valence-electron chi connectivity index (χ0n) is 11.5. The quantitative estimate of drug-likeness (QED) is 0.721. The number of halogens is 1. The van der Waals surface area contributed by atoms with Crippen LogP contribution in [0.4, 0.5) is 5.69 Å². The van der Waals surface area contributed by atoms with Crippen LogP contribution in [0.2, 0.25) is 0 Å². The third-order valence-electron chi connectivity index (χ3n) is 3.39. The van der Waals surface area contributed by atoms with Crippen molar-refractivity contribution in [2.24, 2.45) is 0 Å². The molecule has 104 valence electrons. The van der Waals surface area contributed by atoms with Crippen LogP contribution in [0.25, 0.3) is 16.7 Å². The van der Waals surface area contributed by atoms with Gasteiger partial charge in [0, 0.05) is 16.6 Å². The van der Waals surface area contributed by atoms with Crippen LogP contribution >= 0.6 is 15.9 Å². The smallest absolute Gasteiger partial charge is 0.114 e. The molecule has 2 aromatic carbocycles. The lowest BCUT2D eigenvalue weighted by atomic mass is 10.2. The first-order valence-electron chi connectivity index (χ1n) is 6.61. The Hall–Kier alpha value is -2.32. The summed E-state index contributed by atoms with van der Waals surface area (Å²) >= 11 is 3.47. The first kappa shape index (κ1) is 13.7. The first-order chi connectivity index (χ1) is 10.1. The zero-order valence-corrected chi connectivity index (χ0v) is 13.1. The van der Waals surface area contributed by atoms with Gasteiger partial charge < -0.3 is 5.73 Å². The average Bonchev–Trinajstić information content (AvgIpc) is 2.84. The van der Waals surface area contributed by atoms with E-state index in [0.717, 1.165) is 33.4 Å². The highest BCUT2D eigenvalue weighted by Crippen LogP contribution is 2.27. The molecule has 0 amide bonds. The second-order valence-corrected chi connectivity index (χ2v) is 5.65. The maximum absolute atomic E-state index is 9.37. The van der Waals surface area contributed by atoms with Crippen LogP contribution < -0.4 is 5.73 Å². The fraction of sp³-hybridized carbons (Fsp3) is 0.125. The van der Waals surface area contributed by atoms with E-state index in [0.29, 0.717) is 11.3 Å². The fourth-order valence-electron chi connectivity index (χ4n) is 2.44. The number of benzene rings is 2. The van der Waals surface area contributed by atoms with Gasteiger partial charge in [-0.15, -0.1) is 0 Å². The topological polar surface area (TPSA) is 67.6 Å². The molecule has 0 spiro atoms. The summed E-state index contributed by atoms with van der Waals surface area (Å²) in [5.41, 5.74) is 9.76. The fourth-order valence-corrected chi connectivity index (χ4v) is 2.79. The summed E-state index contributed by atoms with van der Waals surface area (Å²) in [6, 6.07) is 13.5. The minimum atomic E-state index is 0.615. The Bertz CT molecular complexity index is 874. The van der Waals surface area contributed by atoms with E-state index in [9.17, 15) is 5.26 Å². The number of hydrogen-bond acceptors (Lipinski definition) is 3. The Labute approximate surface area is 131 Å². The molecule has 0 saturated carbocycles. The molecule has 2 N–H and O–H groups in total.